The number of fused-ring (bicyclic) bond motifs is 1. The van der Waals surface area contributed by atoms with Crippen molar-refractivity contribution in [3.63, 3.8) is 0 Å². The number of hydrogen-bond acceptors (Lipinski definition) is 5. The van der Waals surface area contributed by atoms with Crippen molar-refractivity contribution in [2.45, 2.75) is 0 Å². The minimum absolute atomic E-state index is 0.135. The summed E-state index contributed by atoms with van der Waals surface area (Å²) in [6, 6.07) is 13.3. The maximum atomic E-state index is 13.3. The summed E-state index contributed by atoms with van der Waals surface area (Å²) >= 11 is 1.65. The van der Waals surface area contributed by atoms with E-state index in [4.69, 9.17) is 14.5 Å². The molecule has 0 unspecified atom stereocenters. The molecule has 1 fully saturated rings. The molecule has 1 aliphatic heterocycles. The lowest BCUT2D eigenvalue weighted by Gasteiger charge is -2.20. The van der Waals surface area contributed by atoms with Gasteiger partial charge in [0.25, 0.3) is 5.91 Å². The number of imidazole rings is 1. The first-order chi connectivity index (χ1) is 13.6. The van der Waals surface area contributed by atoms with E-state index in [1.54, 1.807) is 43.0 Å². The minimum atomic E-state index is -0.135. The minimum Gasteiger partial charge on any atom is -0.496 e. The van der Waals surface area contributed by atoms with Crippen molar-refractivity contribution in [2.75, 3.05) is 26.5 Å². The molecule has 0 bridgehead atoms. The third-order valence-electron chi connectivity index (χ3n) is 4.79. The van der Waals surface area contributed by atoms with Crippen LogP contribution in [0.1, 0.15) is 16.2 Å². The SMILES string of the molecule is COc1cccc(OC)c1C(=O)N1CCS/C1=C/c1nc2ccccc2n1C. The molecule has 2 aromatic carbocycles. The van der Waals surface area contributed by atoms with Gasteiger partial charge < -0.3 is 18.9 Å². The first-order valence-electron chi connectivity index (χ1n) is 8.93. The number of methoxy groups -OCH3 is 2. The van der Waals surface area contributed by atoms with Gasteiger partial charge in [0, 0.05) is 25.4 Å². The maximum absolute atomic E-state index is 13.3. The number of aromatic nitrogens is 2. The predicted molar refractivity (Wildman–Crippen MR) is 112 cm³/mol. The number of benzene rings is 2. The Morgan fingerprint density at radius 1 is 1.11 bits per heavy atom. The molecule has 1 aliphatic rings. The van der Waals surface area contributed by atoms with E-state index >= 15 is 0 Å². The molecule has 0 spiro atoms. The number of rotatable bonds is 4. The van der Waals surface area contributed by atoms with Crippen LogP contribution < -0.4 is 9.47 Å². The Labute approximate surface area is 167 Å². The summed E-state index contributed by atoms with van der Waals surface area (Å²) in [5, 5.41) is 0.872. The molecular formula is C21H21N3O3S. The number of thioether (sulfide) groups is 1. The smallest absolute Gasteiger partial charge is 0.266 e. The molecule has 0 aliphatic carbocycles. The molecule has 1 saturated heterocycles. The quantitative estimate of drug-likeness (QED) is 0.673. The molecule has 0 N–H and O–H groups in total. The Balaban J connectivity index is 1.73. The summed E-state index contributed by atoms with van der Waals surface area (Å²) in [7, 11) is 5.09. The third-order valence-corrected chi connectivity index (χ3v) is 5.81. The Morgan fingerprint density at radius 2 is 1.82 bits per heavy atom. The molecule has 144 valence electrons. The summed E-state index contributed by atoms with van der Waals surface area (Å²) in [5.41, 5.74) is 2.43. The van der Waals surface area contributed by atoms with Crippen LogP contribution in [0.2, 0.25) is 0 Å². The van der Waals surface area contributed by atoms with E-state index in [-0.39, 0.29) is 5.91 Å². The van der Waals surface area contributed by atoms with Gasteiger partial charge in [0.1, 0.15) is 22.9 Å². The molecule has 28 heavy (non-hydrogen) atoms. The lowest BCUT2D eigenvalue weighted by Crippen LogP contribution is -2.27. The number of carbonyl (C=O) groups is 1. The van der Waals surface area contributed by atoms with Crippen LogP contribution in [-0.4, -0.2) is 46.9 Å². The van der Waals surface area contributed by atoms with Crippen LogP contribution in [-0.2, 0) is 7.05 Å². The van der Waals surface area contributed by atoms with Crippen LogP contribution in [0.25, 0.3) is 17.1 Å². The van der Waals surface area contributed by atoms with Crippen molar-refractivity contribution in [1.29, 1.82) is 0 Å². The highest BCUT2D eigenvalue weighted by molar-refractivity contribution is 8.03. The average molecular weight is 395 g/mol. The summed E-state index contributed by atoms with van der Waals surface area (Å²) in [4.78, 5) is 19.8. The van der Waals surface area contributed by atoms with Crippen molar-refractivity contribution in [3.05, 3.63) is 58.9 Å². The molecular weight excluding hydrogens is 374 g/mol. The van der Waals surface area contributed by atoms with E-state index in [2.05, 4.69) is 0 Å². The van der Waals surface area contributed by atoms with Gasteiger partial charge in [-0.2, -0.15) is 0 Å². The number of nitrogens with zero attached hydrogens (tertiary/aromatic N) is 3. The zero-order valence-electron chi connectivity index (χ0n) is 16.0. The van der Waals surface area contributed by atoms with Crippen LogP contribution in [0, 0.1) is 0 Å². The third kappa shape index (κ3) is 3.11. The second-order valence-corrected chi connectivity index (χ2v) is 7.46. The first kappa shape index (κ1) is 18.4. The van der Waals surface area contributed by atoms with Gasteiger partial charge in [-0.05, 0) is 24.3 Å². The fraction of sp³-hybridized carbons (Fsp3) is 0.238. The summed E-state index contributed by atoms with van der Waals surface area (Å²) < 4.78 is 12.9. The molecule has 1 aromatic heterocycles. The highest BCUT2D eigenvalue weighted by Crippen LogP contribution is 2.36. The van der Waals surface area contributed by atoms with Crippen molar-refractivity contribution in [1.82, 2.24) is 14.5 Å². The molecule has 7 heteroatoms. The molecule has 0 atom stereocenters. The van der Waals surface area contributed by atoms with Gasteiger partial charge in [0.15, 0.2) is 0 Å². The van der Waals surface area contributed by atoms with Gasteiger partial charge in [-0.15, -0.1) is 11.8 Å². The van der Waals surface area contributed by atoms with Crippen molar-refractivity contribution < 1.29 is 14.3 Å². The zero-order valence-corrected chi connectivity index (χ0v) is 16.8. The van der Waals surface area contributed by atoms with E-state index < -0.39 is 0 Å². The van der Waals surface area contributed by atoms with Gasteiger partial charge in [0.2, 0.25) is 0 Å². The first-order valence-corrected chi connectivity index (χ1v) is 9.91. The van der Waals surface area contributed by atoms with Crippen molar-refractivity contribution in [2.24, 2.45) is 7.05 Å². The van der Waals surface area contributed by atoms with E-state index in [9.17, 15) is 4.79 Å². The standard InChI is InChI=1S/C21H21N3O3S/c1-23-15-8-5-4-7-14(15)22-18(23)13-19-24(11-12-28-19)21(25)20-16(26-2)9-6-10-17(20)27-3/h4-10,13H,11-12H2,1-3H3/b19-13+. The van der Waals surface area contributed by atoms with Gasteiger partial charge in [-0.1, -0.05) is 18.2 Å². The molecule has 4 rings (SSSR count). The van der Waals surface area contributed by atoms with Crippen LogP contribution in [0.5, 0.6) is 11.5 Å². The molecule has 1 amide bonds. The van der Waals surface area contributed by atoms with E-state index in [0.29, 0.717) is 23.6 Å². The molecule has 3 aromatic rings. The second-order valence-electron chi connectivity index (χ2n) is 6.34. The molecule has 0 radical (unpaired) electrons. The number of aryl methyl sites for hydroxylation is 1. The van der Waals surface area contributed by atoms with Crippen molar-refractivity contribution in [3.8, 4) is 11.5 Å². The fourth-order valence-electron chi connectivity index (χ4n) is 3.35. The van der Waals surface area contributed by atoms with Crippen LogP contribution >= 0.6 is 11.8 Å². The van der Waals surface area contributed by atoms with Gasteiger partial charge in [-0.25, -0.2) is 4.98 Å². The summed E-state index contributed by atoms with van der Waals surface area (Å²) in [5.74, 6) is 2.52. The highest BCUT2D eigenvalue weighted by Gasteiger charge is 2.30. The van der Waals surface area contributed by atoms with Crippen LogP contribution in [0.4, 0.5) is 0 Å². The monoisotopic (exact) mass is 395 g/mol. The lowest BCUT2D eigenvalue weighted by molar-refractivity contribution is 0.0824. The van der Waals surface area contributed by atoms with Crippen LogP contribution in [0.3, 0.4) is 0 Å². The van der Waals surface area contributed by atoms with E-state index in [1.165, 1.54) is 0 Å². The van der Waals surface area contributed by atoms with Crippen molar-refractivity contribution >= 4 is 34.8 Å². The maximum Gasteiger partial charge on any atom is 0.266 e. The largest absolute Gasteiger partial charge is 0.496 e. The highest BCUT2D eigenvalue weighted by atomic mass is 32.2. The number of para-hydroxylation sites is 2. The second kappa shape index (κ2) is 7.59. The Hall–Kier alpha value is -2.93. The zero-order chi connectivity index (χ0) is 19.7. The van der Waals surface area contributed by atoms with E-state index in [0.717, 1.165) is 27.6 Å². The number of ether oxygens (including phenoxy) is 2. The molecule has 0 saturated carbocycles. The summed E-state index contributed by atoms with van der Waals surface area (Å²) in [6.07, 6.45) is 1.97. The fourth-order valence-corrected chi connectivity index (χ4v) is 4.35. The molecule has 2 heterocycles. The van der Waals surface area contributed by atoms with E-state index in [1.807, 2.05) is 48.0 Å². The van der Waals surface area contributed by atoms with Gasteiger partial charge >= 0.3 is 0 Å². The molecule has 6 nitrogen and oxygen atoms in total. The lowest BCUT2D eigenvalue weighted by atomic mass is 10.1. The topological polar surface area (TPSA) is 56.6 Å². The van der Waals surface area contributed by atoms with Gasteiger partial charge in [-0.3, -0.25) is 4.79 Å². The number of hydrogen-bond donors (Lipinski definition) is 0. The van der Waals surface area contributed by atoms with Gasteiger partial charge in [0.05, 0.1) is 30.3 Å². The average Bonchev–Trinajstić information content (AvgIpc) is 3.32. The number of amides is 1. The van der Waals surface area contributed by atoms with Crippen LogP contribution in [0.15, 0.2) is 47.5 Å². The number of carbonyl (C=O) groups excluding carboxylic acids is 1. The predicted octanol–water partition coefficient (Wildman–Crippen LogP) is 3.78. The Bertz CT molecular complexity index is 1050. The normalized spacial score (nSPS) is 15.4. The summed E-state index contributed by atoms with van der Waals surface area (Å²) in [6.45, 7) is 0.625. The Kier molecular flexibility index (Phi) is 5.00. The Morgan fingerprint density at radius 3 is 2.50 bits per heavy atom.